The van der Waals surface area contributed by atoms with Gasteiger partial charge in [-0.05, 0) is 18.6 Å². The molecule has 0 atom stereocenters. The lowest BCUT2D eigenvalue weighted by atomic mass is 10.1. The average Bonchev–Trinajstić information content (AvgIpc) is 2.63. The zero-order chi connectivity index (χ0) is 24.1. The molecule has 0 fully saturated rings. The van der Waals surface area contributed by atoms with Crippen molar-refractivity contribution >= 4 is 5.69 Å². The molecule has 1 rings (SSSR count). The van der Waals surface area contributed by atoms with Gasteiger partial charge in [-0.1, -0.05) is 45.4 Å². The van der Waals surface area contributed by atoms with Crippen molar-refractivity contribution in [3.63, 3.8) is 0 Å². The van der Waals surface area contributed by atoms with Gasteiger partial charge in [0.25, 0.3) is 0 Å². The molecule has 0 amide bonds. The Morgan fingerprint density at radius 3 is 1.71 bits per heavy atom. The first-order chi connectivity index (χ1) is 14.1. The van der Waals surface area contributed by atoms with Crippen LogP contribution >= 0.6 is 0 Å². The van der Waals surface area contributed by atoms with Crippen LogP contribution in [0.15, 0.2) is 18.2 Å². The van der Waals surface area contributed by atoms with Crippen molar-refractivity contribution < 1.29 is 48.3 Å². The summed E-state index contributed by atoms with van der Waals surface area (Å²) in [6.07, 6.45) is -3.44. The van der Waals surface area contributed by atoms with Crippen LogP contribution in [0.3, 0.4) is 0 Å². The molecule has 0 heterocycles. The lowest BCUT2D eigenvalue weighted by Crippen LogP contribution is -2.66. The largest absolute Gasteiger partial charge is 0.460 e. The Morgan fingerprint density at radius 2 is 1.23 bits per heavy atom. The third kappa shape index (κ3) is 5.94. The van der Waals surface area contributed by atoms with E-state index in [1.165, 1.54) is 0 Å². The van der Waals surface area contributed by atoms with Gasteiger partial charge in [-0.3, -0.25) is 0 Å². The number of benzene rings is 1. The van der Waals surface area contributed by atoms with E-state index in [-0.39, 0.29) is 25.0 Å². The van der Waals surface area contributed by atoms with Gasteiger partial charge in [0, 0.05) is 12.6 Å². The highest BCUT2D eigenvalue weighted by Gasteiger charge is 2.83. The van der Waals surface area contributed by atoms with Crippen LogP contribution in [0.5, 0.6) is 0 Å². The van der Waals surface area contributed by atoms with Crippen LogP contribution in [0.2, 0.25) is 0 Å². The Labute approximate surface area is 172 Å². The lowest BCUT2D eigenvalue weighted by Gasteiger charge is -2.40. The number of hydrogen-bond donors (Lipinski definition) is 0. The van der Waals surface area contributed by atoms with Crippen molar-refractivity contribution in [2.24, 2.45) is 0 Å². The van der Waals surface area contributed by atoms with E-state index in [0.29, 0.717) is 18.9 Å². The summed E-state index contributed by atoms with van der Waals surface area (Å²) in [5.74, 6) is -17.2. The van der Waals surface area contributed by atoms with Crippen molar-refractivity contribution in [2.45, 2.75) is 75.9 Å². The molecule has 1 nitrogen and oxygen atoms in total. The van der Waals surface area contributed by atoms with E-state index >= 15 is 0 Å². The maximum absolute atomic E-state index is 14.5. The molecule has 12 heteroatoms. The molecule has 0 aliphatic carbocycles. The number of rotatable bonds is 12. The summed E-state index contributed by atoms with van der Waals surface area (Å²) in [5.41, 5.74) is -1.42. The van der Waals surface area contributed by atoms with E-state index in [2.05, 4.69) is 0 Å². The minimum Gasteiger partial charge on any atom is -0.305 e. The quantitative estimate of drug-likeness (QED) is 0.169. The van der Waals surface area contributed by atoms with Gasteiger partial charge in [-0.25, -0.2) is 8.78 Å². The smallest absolute Gasteiger partial charge is 0.305 e. The van der Waals surface area contributed by atoms with Crippen LogP contribution in [0.1, 0.15) is 51.9 Å². The second-order valence-electron chi connectivity index (χ2n) is 7.06. The van der Waals surface area contributed by atoms with E-state index in [1.54, 1.807) is 0 Å². The highest BCUT2D eigenvalue weighted by atomic mass is 19.4. The third-order valence-corrected chi connectivity index (χ3v) is 4.65. The lowest BCUT2D eigenvalue weighted by molar-refractivity contribution is -0.395. The number of halogens is 11. The van der Waals surface area contributed by atoms with E-state index in [9.17, 15) is 48.3 Å². The van der Waals surface area contributed by atoms with Crippen LogP contribution in [0, 0.1) is 11.6 Å². The summed E-state index contributed by atoms with van der Waals surface area (Å²) < 4.78 is 148. The second-order valence-corrected chi connectivity index (χ2v) is 7.06. The standard InChI is InChI=1S/C19H22F11N/c1-2-3-4-5-6-7-8-11-31(15-10-9-13(20)12-14(15)21)19(29,30)17(24,25)16(22,23)18(26,27)28/h9-10,12H,2-8,11H2,1H3. The van der Waals surface area contributed by atoms with Crippen molar-refractivity contribution in [3.05, 3.63) is 29.8 Å². The van der Waals surface area contributed by atoms with Gasteiger partial charge < -0.3 is 4.90 Å². The van der Waals surface area contributed by atoms with Crippen molar-refractivity contribution in [1.29, 1.82) is 0 Å². The predicted molar refractivity (Wildman–Crippen MR) is 92.6 cm³/mol. The fraction of sp³-hybridized carbons (Fsp3) is 0.684. The van der Waals surface area contributed by atoms with E-state index in [1.807, 2.05) is 6.92 Å². The maximum Gasteiger partial charge on any atom is 0.460 e. The zero-order valence-corrected chi connectivity index (χ0v) is 16.5. The molecule has 0 saturated heterocycles. The summed E-state index contributed by atoms with van der Waals surface area (Å²) in [6, 6.07) is -5.44. The Hall–Kier alpha value is -1.75. The molecule has 1 aromatic rings. The topological polar surface area (TPSA) is 3.24 Å². The minimum absolute atomic E-state index is 0.0310. The summed E-state index contributed by atoms with van der Waals surface area (Å²) in [7, 11) is 0. The van der Waals surface area contributed by atoms with Crippen LogP contribution in [-0.4, -0.2) is 30.6 Å². The number of anilines is 1. The summed E-state index contributed by atoms with van der Waals surface area (Å²) in [4.78, 5) is -0.854. The predicted octanol–water partition coefficient (Wildman–Crippen LogP) is 7.95. The molecule has 1 aromatic carbocycles. The molecule has 0 spiro atoms. The highest BCUT2D eigenvalue weighted by Crippen LogP contribution is 2.54. The average molecular weight is 473 g/mol. The van der Waals surface area contributed by atoms with Gasteiger partial charge >= 0.3 is 24.1 Å². The van der Waals surface area contributed by atoms with E-state index < -0.39 is 52.8 Å². The molecule has 0 aliphatic heterocycles. The van der Waals surface area contributed by atoms with Gasteiger partial charge in [-0.15, -0.1) is 0 Å². The van der Waals surface area contributed by atoms with Gasteiger partial charge in [-0.2, -0.15) is 39.5 Å². The van der Waals surface area contributed by atoms with Crippen molar-refractivity contribution in [3.8, 4) is 0 Å². The van der Waals surface area contributed by atoms with Gasteiger partial charge in [0.05, 0.1) is 5.69 Å². The summed E-state index contributed by atoms with van der Waals surface area (Å²) in [6.45, 7) is 0.779. The first-order valence-electron chi connectivity index (χ1n) is 9.54. The van der Waals surface area contributed by atoms with Crippen LogP contribution in [-0.2, 0) is 0 Å². The Balaban J connectivity index is 3.22. The van der Waals surface area contributed by atoms with Crippen LogP contribution in [0.25, 0.3) is 0 Å². The number of hydrogen-bond acceptors (Lipinski definition) is 1. The van der Waals surface area contributed by atoms with Crippen molar-refractivity contribution in [1.82, 2.24) is 0 Å². The maximum atomic E-state index is 14.5. The van der Waals surface area contributed by atoms with Gasteiger partial charge in [0.1, 0.15) is 11.6 Å². The first kappa shape index (κ1) is 27.3. The third-order valence-electron chi connectivity index (χ3n) is 4.65. The van der Waals surface area contributed by atoms with Gasteiger partial charge in [0.15, 0.2) is 0 Å². The van der Waals surface area contributed by atoms with E-state index in [0.717, 1.165) is 19.3 Å². The molecular weight excluding hydrogens is 451 g/mol. The fourth-order valence-corrected chi connectivity index (χ4v) is 2.88. The highest BCUT2D eigenvalue weighted by molar-refractivity contribution is 5.50. The summed E-state index contributed by atoms with van der Waals surface area (Å²) >= 11 is 0. The van der Waals surface area contributed by atoms with Crippen LogP contribution in [0.4, 0.5) is 54.0 Å². The molecule has 0 saturated carbocycles. The Morgan fingerprint density at radius 1 is 0.710 bits per heavy atom. The number of unbranched alkanes of at least 4 members (excludes halogenated alkanes) is 6. The summed E-state index contributed by atoms with van der Waals surface area (Å²) in [5, 5.41) is 0. The molecule has 0 aliphatic rings. The van der Waals surface area contributed by atoms with Crippen LogP contribution < -0.4 is 4.90 Å². The molecule has 180 valence electrons. The normalized spacial score (nSPS) is 13.5. The second kappa shape index (κ2) is 10.2. The number of alkyl halides is 9. The fourth-order valence-electron chi connectivity index (χ4n) is 2.88. The molecule has 0 unspecified atom stereocenters. The van der Waals surface area contributed by atoms with Gasteiger partial charge in [0.2, 0.25) is 0 Å². The molecule has 31 heavy (non-hydrogen) atoms. The number of nitrogens with zero attached hydrogens (tertiary/aromatic N) is 1. The Bertz CT molecular complexity index is 701. The van der Waals surface area contributed by atoms with Crippen molar-refractivity contribution in [2.75, 3.05) is 11.4 Å². The zero-order valence-electron chi connectivity index (χ0n) is 16.5. The van der Waals surface area contributed by atoms with E-state index in [4.69, 9.17) is 0 Å². The molecule has 0 radical (unpaired) electrons. The molecule has 0 N–H and O–H groups in total. The Kier molecular flexibility index (Phi) is 9.02. The first-order valence-corrected chi connectivity index (χ1v) is 9.54. The minimum atomic E-state index is -7.11. The molecular formula is C19H22F11N. The monoisotopic (exact) mass is 473 g/mol. The molecule has 0 aromatic heterocycles. The SMILES string of the molecule is CCCCCCCCCN(c1ccc(F)cc1F)C(F)(F)C(F)(F)C(F)(F)C(F)(F)F. The molecule has 0 bridgehead atoms.